The van der Waals surface area contributed by atoms with E-state index in [1.807, 2.05) is 0 Å². The zero-order valence-electron chi connectivity index (χ0n) is 10.3. The zero-order chi connectivity index (χ0) is 14.0. The number of hydrogen-bond acceptors (Lipinski definition) is 4. The average Bonchev–Trinajstić information content (AvgIpc) is 2.37. The van der Waals surface area contributed by atoms with Crippen LogP contribution in [-0.4, -0.2) is 47.5 Å². The lowest BCUT2D eigenvalue weighted by molar-refractivity contribution is -0.150. The molecule has 1 N–H and O–H groups in total. The first-order valence-electron chi connectivity index (χ1n) is 5.72. The lowest BCUT2D eigenvalue weighted by atomic mass is 9.97. The Morgan fingerprint density at radius 3 is 2.74 bits per heavy atom. The van der Waals surface area contributed by atoms with Gasteiger partial charge in [-0.15, -0.1) is 0 Å². The van der Waals surface area contributed by atoms with Crippen LogP contribution in [0.25, 0.3) is 0 Å². The number of imide groups is 1. The minimum atomic E-state index is -1.29. The number of carboxylic acid groups (broad SMARTS) is 1. The van der Waals surface area contributed by atoms with Gasteiger partial charge >= 0.3 is 5.97 Å². The van der Waals surface area contributed by atoms with Gasteiger partial charge in [0.2, 0.25) is 5.91 Å². The van der Waals surface area contributed by atoms with Crippen LogP contribution in [0.2, 0.25) is 0 Å². The fourth-order valence-corrected chi connectivity index (χ4v) is 2.10. The highest BCUT2D eigenvalue weighted by Crippen LogP contribution is 2.21. The molecule has 0 bridgehead atoms. The number of carbonyl (C=O) groups is 3. The van der Waals surface area contributed by atoms with E-state index in [0.29, 0.717) is 11.1 Å². The predicted octanol–water partition coefficient (Wildman–Crippen LogP) is 0.311. The number of nitrogens with zero attached hydrogens (tertiary/aromatic N) is 1. The maximum Gasteiger partial charge on any atom is 0.329 e. The fourth-order valence-electron chi connectivity index (χ4n) is 2.10. The molecular weight excluding hydrogens is 250 g/mol. The Bertz CT molecular complexity index is 540. The third-order valence-electron chi connectivity index (χ3n) is 3.00. The molecule has 1 aromatic rings. The van der Waals surface area contributed by atoms with Crippen LogP contribution < -0.4 is 0 Å². The quantitative estimate of drug-likeness (QED) is 0.790. The second kappa shape index (κ2) is 5.19. The second-order valence-electron chi connectivity index (χ2n) is 4.21. The van der Waals surface area contributed by atoms with Gasteiger partial charge in [-0.05, 0) is 11.6 Å². The summed E-state index contributed by atoms with van der Waals surface area (Å²) in [5.41, 5.74) is 0.986. The maximum atomic E-state index is 12.2. The van der Waals surface area contributed by atoms with E-state index in [0.717, 1.165) is 4.90 Å². The number of rotatable bonds is 4. The van der Waals surface area contributed by atoms with Gasteiger partial charge in [-0.3, -0.25) is 14.5 Å². The van der Waals surface area contributed by atoms with E-state index in [-0.39, 0.29) is 13.0 Å². The van der Waals surface area contributed by atoms with E-state index in [1.165, 1.54) is 7.11 Å². The minimum absolute atomic E-state index is 0.0232. The standard InChI is InChI=1S/C13H13NO5/c1-19-7-10(13(17)18)14-11(15)6-8-4-2-3-5-9(8)12(14)16/h2-5,10H,6-7H2,1H3,(H,17,18). The summed E-state index contributed by atoms with van der Waals surface area (Å²) in [6, 6.07) is 5.39. The lowest BCUT2D eigenvalue weighted by Gasteiger charge is -2.31. The highest BCUT2D eigenvalue weighted by molar-refractivity contribution is 6.11. The number of aliphatic carboxylic acids is 1. The van der Waals surface area contributed by atoms with Crippen LogP contribution in [0.5, 0.6) is 0 Å². The minimum Gasteiger partial charge on any atom is -0.480 e. The Kier molecular flexibility index (Phi) is 3.62. The topological polar surface area (TPSA) is 83.9 Å². The van der Waals surface area contributed by atoms with Gasteiger partial charge in [0.1, 0.15) is 0 Å². The van der Waals surface area contributed by atoms with Gasteiger partial charge in [0.25, 0.3) is 5.91 Å². The number of hydrogen-bond donors (Lipinski definition) is 1. The van der Waals surface area contributed by atoms with E-state index >= 15 is 0 Å². The SMILES string of the molecule is COCC(C(=O)O)N1C(=O)Cc2ccccc2C1=O. The van der Waals surface area contributed by atoms with Gasteiger partial charge in [-0.25, -0.2) is 4.79 Å². The summed E-state index contributed by atoms with van der Waals surface area (Å²) in [5, 5.41) is 9.11. The molecule has 0 radical (unpaired) electrons. The summed E-state index contributed by atoms with van der Waals surface area (Å²) in [6.45, 7) is -0.227. The fraction of sp³-hybridized carbons (Fsp3) is 0.308. The van der Waals surface area contributed by atoms with Crippen LogP contribution in [0.3, 0.4) is 0 Å². The number of benzene rings is 1. The van der Waals surface area contributed by atoms with Gasteiger partial charge < -0.3 is 9.84 Å². The molecule has 0 saturated heterocycles. The molecule has 1 unspecified atom stereocenters. The largest absolute Gasteiger partial charge is 0.480 e. The van der Waals surface area contributed by atoms with Crippen LogP contribution in [0, 0.1) is 0 Å². The molecule has 1 aliphatic rings. The predicted molar refractivity (Wildman–Crippen MR) is 64.6 cm³/mol. The van der Waals surface area contributed by atoms with Gasteiger partial charge in [0.05, 0.1) is 13.0 Å². The van der Waals surface area contributed by atoms with Crippen molar-refractivity contribution in [2.45, 2.75) is 12.5 Å². The second-order valence-corrected chi connectivity index (χ2v) is 4.21. The van der Waals surface area contributed by atoms with Crippen molar-refractivity contribution in [1.29, 1.82) is 0 Å². The highest BCUT2D eigenvalue weighted by Gasteiger charge is 2.39. The van der Waals surface area contributed by atoms with E-state index in [4.69, 9.17) is 9.84 Å². The number of amides is 2. The van der Waals surface area contributed by atoms with Crippen LogP contribution in [0.4, 0.5) is 0 Å². The Labute approximate surface area is 109 Å². The first kappa shape index (κ1) is 13.2. The van der Waals surface area contributed by atoms with Crippen molar-refractivity contribution < 1.29 is 24.2 Å². The zero-order valence-corrected chi connectivity index (χ0v) is 10.3. The Morgan fingerprint density at radius 1 is 1.42 bits per heavy atom. The molecule has 6 heteroatoms. The molecule has 1 atom stereocenters. The summed E-state index contributed by atoms with van der Waals surface area (Å²) in [6.07, 6.45) is 0.0232. The molecular formula is C13H13NO5. The monoisotopic (exact) mass is 263 g/mol. The lowest BCUT2D eigenvalue weighted by Crippen LogP contribution is -2.53. The van der Waals surface area contributed by atoms with Crippen molar-refractivity contribution in [1.82, 2.24) is 4.90 Å². The molecule has 19 heavy (non-hydrogen) atoms. The molecule has 0 fully saturated rings. The van der Waals surface area contributed by atoms with Crippen molar-refractivity contribution in [3.63, 3.8) is 0 Å². The van der Waals surface area contributed by atoms with Crippen LogP contribution >= 0.6 is 0 Å². The van der Waals surface area contributed by atoms with E-state index in [1.54, 1.807) is 24.3 Å². The van der Waals surface area contributed by atoms with Gasteiger partial charge in [-0.2, -0.15) is 0 Å². The van der Waals surface area contributed by atoms with Crippen LogP contribution in [0.15, 0.2) is 24.3 Å². The first-order chi connectivity index (χ1) is 9.06. The van der Waals surface area contributed by atoms with Gasteiger partial charge in [0, 0.05) is 12.7 Å². The van der Waals surface area contributed by atoms with Crippen molar-refractivity contribution >= 4 is 17.8 Å². The molecule has 2 amide bonds. The van der Waals surface area contributed by atoms with Crippen LogP contribution in [-0.2, 0) is 20.7 Å². The number of fused-ring (bicyclic) bond motifs is 1. The number of methoxy groups -OCH3 is 1. The third kappa shape index (κ3) is 2.34. The molecule has 2 rings (SSSR count). The van der Waals surface area contributed by atoms with Crippen molar-refractivity contribution in [3.05, 3.63) is 35.4 Å². The third-order valence-corrected chi connectivity index (χ3v) is 3.00. The molecule has 0 aromatic heterocycles. The van der Waals surface area contributed by atoms with Crippen molar-refractivity contribution in [2.24, 2.45) is 0 Å². The first-order valence-corrected chi connectivity index (χ1v) is 5.72. The van der Waals surface area contributed by atoms with Gasteiger partial charge in [0.15, 0.2) is 6.04 Å². The van der Waals surface area contributed by atoms with E-state index in [9.17, 15) is 14.4 Å². The Balaban J connectivity index is 2.40. The van der Waals surface area contributed by atoms with Crippen molar-refractivity contribution in [2.75, 3.05) is 13.7 Å². The Hall–Kier alpha value is -2.21. The van der Waals surface area contributed by atoms with Gasteiger partial charge in [-0.1, -0.05) is 18.2 Å². The molecule has 1 aliphatic heterocycles. The summed E-state index contributed by atoms with van der Waals surface area (Å²) < 4.78 is 4.78. The van der Waals surface area contributed by atoms with E-state index < -0.39 is 23.8 Å². The maximum absolute atomic E-state index is 12.2. The van der Waals surface area contributed by atoms with Crippen molar-refractivity contribution in [3.8, 4) is 0 Å². The van der Waals surface area contributed by atoms with Crippen LogP contribution in [0.1, 0.15) is 15.9 Å². The van der Waals surface area contributed by atoms with E-state index in [2.05, 4.69) is 0 Å². The molecule has 1 heterocycles. The Morgan fingerprint density at radius 2 is 2.11 bits per heavy atom. The normalized spacial score (nSPS) is 16.2. The molecule has 1 aromatic carbocycles. The molecule has 0 spiro atoms. The highest BCUT2D eigenvalue weighted by atomic mass is 16.5. The summed E-state index contributed by atoms with van der Waals surface area (Å²) in [4.78, 5) is 36.1. The molecule has 0 aliphatic carbocycles. The summed E-state index contributed by atoms with van der Waals surface area (Å²) in [5.74, 6) is -2.37. The number of carbonyl (C=O) groups excluding carboxylic acids is 2. The number of carboxylic acids is 1. The molecule has 100 valence electrons. The average molecular weight is 263 g/mol. The summed E-state index contributed by atoms with van der Waals surface area (Å²) >= 11 is 0. The molecule has 6 nitrogen and oxygen atoms in total. The molecule has 0 saturated carbocycles. The number of ether oxygens (including phenoxy) is 1. The summed E-state index contributed by atoms with van der Waals surface area (Å²) in [7, 11) is 1.32. The smallest absolute Gasteiger partial charge is 0.329 e.